The molecule has 2 heterocycles. The molecule has 0 aliphatic carbocycles. The van der Waals surface area contributed by atoms with Crippen molar-refractivity contribution in [2.75, 3.05) is 0 Å². The average Bonchev–Trinajstić information content (AvgIpc) is 2.77. The molecule has 0 radical (unpaired) electrons. The van der Waals surface area contributed by atoms with Gasteiger partial charge in [0.2, 0.25) is 6.20 Å². The van der Waals surface area contributed by atoms with Crippen LogP contribution in [0.15, 0.2) is 30.5 Å². The smallest absolute Gasteiger partial charge is 0.358 e. The molecule has 3 rings (SSSR count). The lowest BCUT2D eigenvalue weighted by atomic mass is 10.1. The fourth-order valence-corrected chi connectivity index (χ4v) is 2.61. The van der Waals surface area contributed by atoms with Crippen molar-refractivity contribution in [3.8, 4) is 6.07 Å². The Kier molecular flexibility index (Phi) is 2.44. The van der Waals surface area contributed by atoms with Crippen LogP contribution < -0.4 is 4.52 Å². The van der Waals surface area contributed by atoms with Crippen LogP contribution in [-0.4, -0.2) is 9.44 Å². The summed E-state index contributed by atoms with van der Waals surface area (Å²) in [4.78, 5) is 10.9. The van der Waals surface area contributed by atoms with Gasteiger partial charge in [0.25, 0.3) is 5.52 Å². The van der Waals surface area contributed by atoms with E-state index in [4.69, 9.17) is 0 Å². The van der Waals surface area contributed by atoms with Crippen molar-refractivity contribution in [1.29, 1.82) is 5.26 Å². The standard InChI is InChI=1S/C14H11N4O2/c1-9-8-16-13-6-4-3-5-11(13)12(7-15)10(2)17(16)14(9)18(19)20/h3-6,8H,1-2H3/q+1. The van der Waals surface area contributed by atoms with E-state index in [1.54, 1.807) is 24.6 Å². The average molecular weight is 267 g/mol. The molecule has 0 amide bonds. The number of nitrogens with zero attached hydrogens (tertiary/aromatic N) is 4. The molecule has 0 unspecified atom stereocenters. The van der Waals surface area contributed by atoms with E-state index >= 15 is 0 Å². The minimum atomic E-state index is -0.418. The van der Waals surface area contributed by atoms with Gasteiger partial charge in [0.1, 0.15) is 17.2 Å². The summed E-state index contributed by atoms with van der Waals surface area (Å²) in [5.74, 6) is -0.00949. The zero-order valence-corrected chi connectivity index (χ0v) is 11.0. The molecule has 20 heavy (non-hydrogen) atoms. The second-order valence-corrected chi connectivity index (χ2v) is 4.64. The molecule has 0 atom stereocenters. The number of nitriles is 1. The van der Waals surface area contributed by atoms with Gasteiger partial charge in [-0.15, -0.1) is 0 Å². The summed E-state index contributed by atoms with van der Waals surface area (Å²) in [6, 6.07) is 9.54. The molecule has 6 heteroatoms. The number of rotatable bonds is 1. The summed E-state index contributed by atoms with van der Waals surface area (Å²) < 4.78 is 3.20. The van der Waals surface area contributed by atoms with E-state index in [9.17, 15) is 15.4 Å². The molecule has 0 bridgehead atoms. The Balaban J connectivity index is 2.69. The highest BCUT2D eigenvalue weighted by atomic mass is 16.6. The van der Waals surface area contributed by atoms with Crippen LogP contribution in [0.25, 0.3) is 10.9 Å². The summed E-state index contributed by atoms with van der Waals surface area (Å²) >= 11 is 0. The Labute approximate surface area is 114 Å². The van der Waals surface area contributed by atoms with Gasteiger partial charge in [0.05, 0.1) is 5.39 Å². The van der Waals surface area contributed by atoms with Crippen molar-refractivity contribution in [1.82, 2.24) is 4.52 Å². The van der Waals surface area contributed by atoms with E-state index in [2.05, 4.69) is 6.07 Å². The van der Waals surface area contributed by atoms with Crippen molar-refractivity contribution >= 4 is 16.7 Å². The number of nitro groups is 1. The van der Waals surface area contributed by atoms with E-state index in [1.807, 2.05) is 24.3 Å². The molecule has 6 nitrogen and oxygen atoms in total. The SMILES string of the molecule is Cc1c[n+]2c3ccccc3c(C#N)c(C)n2c1[N+](=O)[O-]. The molecule has 0 aliphatic rings. The largest absolute Gasteiger partial charge is 0.392 e. The maximum absolute atomic E-state index is 11.3. The summed E-state index contributed by atoms with van der Waals surface area (Å²) in [6.45, 7) is 3.41. The zero-order chi connectivity index (χ0) is 14.4. The minimum absolute atomic E-state index is 0.00949. The molecule has 0 fully saturated rings. The minimum Gasteiger partial charge on any atom is -0.358 e. The first-order chi connectivity index (χ1) is 9.56. The number of aryl methyl sites for hydroxylation is 2. The van der Waals surface area contributed by atoms with Crippen LogP contribution >= 0.6 is 0 Å². The van der Waals surface area contributed by atoms with Crippen molar-refractivity contribution in [3.63, 3.8) is 0 Å². The summed E-state index contributed by atoms with van der Waals surface area (Å²) in [6.07, 6.45) is 1.72. The second-order valence-electron chi connectivity index (χ2n) is 4.64. The Morgan fingerprint density at radius 3 is 2.70 bits per heavy atom. The summed E-state index contributed by atoms with van der Waals surface area (Å²) in [5.41, 5.74) is 2.35. The fraction of sp³-hybridized carbons (Fsp3) is 0.143. The molecule has 0 N–H and O–H groups in total. The molecule has 1 aromatic carbocycles. The molecule has 3 aromatic rings. The Morgan fingerprint density at radius 2 is 2.05 bits per heavy atom. The highest BCUT2D eigenvalue weighted by Gasteiger charge is 2.31. The van der Waals surface area contributed by atoms with Crippen LogP contribution in [0.4, 0.5) is 5.82 Å². The molecule has 0 aliphatic heterocycles. The van der Waals surface area contributed by atoms with Gasteiger partial charge in [-0.3, -0.25) is 0 Å². The van der Waals surface area contributed by atoms with Crippen LogP contribution in [-0.2, 0) is 0 Å². The first-order valence-electron chi connectivity index (χ1n) is 6.06. The lowest BCUT2D eigenvalue weighted by Crippen LogP contribution is -2.31. The number of para-hydroxylation sites is 1. The first-order valence-corrected chi connectivity index (χ1v) is 6.06. The van der Waals surface area contributed by atoms with E-state index in [-0.39, 0.29) is 5.82 Å². The lowest BCUT2D eigenvalue weighted by Gasteiger charge is -1.99. The normalized spacial score (nSPS) is 10.8. The van der Waals surface area contributed by atoms with Crippen LogP contribution in [0, 0.1) is 35.3 Å². The Bertz CT molecular complexity index is 918. The fourth-order valence-electron chi connectivity index (χ4n) is 2.61. The van der Waals surface area contributed by atoms with Gasteiger partial charge in [0, 0.05) is 22.0 Å². The van der Waals surface area contributed by atoms with E-state index in [1.165, 1.54) is 4.52 Å². The third-order valence-corrected chi connectivity index (χ3v) is 3.47. The topological polar surface area (TPSA) is 75.4 Å². The number of fused-ring (bicyclic) bond motifs is 3. The maximum Gasteiger partial charge on any atom is 0.392 e. The number of hydrogen-bond donors (Lipinski definition) is 0. The Morgan fingerprint density at radius 1 is 1.35 bits per heavy atom. The van der Waals surface area contributed by atoms with Crippen LogP contribution in [0.5, 0.6) is 0 Å². The van der Waals surface area contributed by atoms with Gasteiger partial charge in [-0.25, -0.2) is 0 Å². The predicted octanol–water partition coefficient (Wildman–Crippen LogP) is 2.07. The molecular formula is C14H11N4O2+. The highest BCUT2D eigenvalue weighted by Crippen LogP contribution is 2.23. The van der Waals surface area contributed by atoms with Crippen molar-refractivity contribution in [3.05, 3.63) is 57.4 Å². The van der Waals surface area contributed by atoms with Gasteiger partial charge < -0.3 is 10.1 Å². The zero-order valence-electron chi connectivity index (χ0n) is 11.0. The molecule has 98 valence electrons. The highest BCUT2D eigenvalue weighted by molar-refractivity contribution is 5.82. The van der Waals surface area contributed by atoms with Crippen molar-refractivity contribution in [2.24, 2.45) is 0 Å². The van der Waals surface area contributed by atoms with Crippen molar-refractivity contribution < 1.29 is 9.44 Å². The van der Waals surface area contributed by atoms with Gasteiger partial charge in [-0.1, -0.05) is 12.1 Å². The van der Waals surface area contributed by atoms with Crippen LogP contribution in [0.3, 0.4) is 0 Å². The van der Waals surface area contributed by atoms with E-state index < -0.39 is 4.92 Å². The van der Waals surface area contributed by atoms with E-state index in [0.717, 1.165) is 10.9 Å². The third-order valence-electron chi connectivity index (χ3n) is 3.47. The summed E-state index contributed by atoms with van der Waals surface area (Å²) in [5, 5.41) is 21.4. The molecular weight excluding hydrogens is 256 g/mol. The van der Waals surface area contributed by atoms with E-state index in [0.29, 0.717) is 16.8 Å². The van der Waals surface area contributed by atoms with Gasteiger partial charge in [0.15, 0.2) is 5.69 Å². The van der Waals surface area contributed by atoms with Crippen LogP contribution in [0.1, 0.15) is 16.8 Å². The lowest BCUT2D eigenvalue weighted by molar-refractivity contribution is -0.598. The Hall–Kier alpha value is -2.94. The molecule has 0 saturated carbocycles. The van der Waals surface area contributed by atoms with Gasteiger partial charge in [-0.05, 0) is 17.9 Å². The molecule has 0 saturated heterocycles. The number of aromatic nitrogens is 2. The van der Waals surface area contributed by atoms with Gasteiger partial charge in [-0.2, -0.15) is 5.26 Å². The molecule has 0 spiro atoms. The second kappa shape index (κ2) is 4.03. The maximum atomic E-state index is 11.3. The third kappa shape index (κ3) is 1.40. The first kappa shape index (κ1) is 12.1. The van der Waals surface area contributed by atoms with Gasteiger partial charge >= 0.3 is 5.82 Å². The summed E-state index contributed by atoms with van der Waals surface area (Å²) in [7, 11) is 0. The number of benzene rings is 1. The quantitative estimate of drug-likeness (QED) is 0.385. The predicted molar refractivity (Wildman–Crippen MR) is 71.4 cm³/mol. The monoisotopic (exact) mass is 267 g/mol. The molecule has 2 aromatic heterocycles. The van der Waals surface area contributed by atoms with Crippen molar-refractivity contribution in [2.45, 2.75) is 13.8 Å². The van der Waals surface area contributed by atoms with Crippen LogP contribution in [0.2, 0.25) is 0 Å². The number of hydrogen-bond acceptors (Lipinski definition) is 3.